The van der Waals surface area contributed by atoms with Gasteiger partial charge in [0.2, 0.25) is 0 Å². The molecule has 1 unspecified atom stereocenters. The van der Waals surface area contributed by atoms with E-state index in [1.54, 1.807) is 11.8 Å². The molecular formula is C14H21NO2S. The molecule has 0 amide bonds. The summed E-state index contributed by atoms with van der Waals surface area (Å²) in [5.41, 5.74) is 0.155. The predicted molar refractivity (Wildman–Crippen MR) is 75.9 cm³/mol. The minimum absolute atomic E-state index is 0.257. The Labute approximate surface area is 113 Å². The SMILES string of the molecule is CCCNC(C)(C(=O)OC)c1ccc(SC)cc1. The molecule has 1 atom stereocenters. The Balaban J connectivity index is 3.04. The van der Waals surface area contributed by atoms with Crippen molar-refractivity contribution in [2.75, 3.05) is 19.9 Å². The van der Waals surface area contributed by atoms with Crippen LogP contribution in [0.2, 0.25) is 0 Å². The molecule has 1 N–H and O–H groups in total. The molecule has 1 rings (SSSR count). The van der Waals surface area contributed by atoms with E-state index >= 15 is 0 Å². The van der Waals surface area contributed by atoms with Gasteiger partial charge in [0, 0.05) is 4.90 Å². The molecule has 3 nitrogen and oxygen atoms in total. The highest BCUT2D eigenvalue weighted by atomic mass is 32.2. The Morgan fingerprint density at radius 3 is 2.44 bits per heavy atom. The number of ether oxygens (including phenoxy) is 1. The first-order chi connectivity index (χ1) is 8.58. The van der Waals surface area contributed by atoms with E-state index in [0.29, 0.717) is 0 Å². The quantitative estimate of drug-likeness (QED) is 0.635. The molecule has 0 aliphatic carbocycles. The summed E-state index contributed by atoms with van der Waals surface area (Å²) in [4.78, 5) is 13.2. The molecule has 0 saturated carbocycles. The van der Waals surface area contributed by atoms with Crippen LogP contribution in [0.3, 0.4) is 0 Å². The lowest BCUT2D eigenvalue weighted by molar-refractivity contribution is -0.148. The van der Waals surface area contributed by atoms with E-state index < -0.39 is 5.54 Å². The van der Waals surface area contributed by atoms with Crippen LogP contribution in [0.4, 0.5) is 0 Å². The van der Waals surface area contributed by atoms with Crippen LogP contribution in [-0.4, -0.2) is 25.9 Å². The average molecular weight is 267 g/mol. The van der Waals surface area contributed by atoms with E-state index in [0.717, 1.165) is 18.5 Å². The number of esters is 1. The van der Waals surface area contributed by atoms with Crippen molar-refractivity contribution in [1.29, 1.82) is 0 Å². The lowest BCUT2D eigenvalue weighted by Crippen LogP contribution is -2.47. The van der Waals surface area contributed by atoms with Crippen LogP contribution < -0.4 is 5.32 Å². The van der Waals surface area contributed by atoms with Crippen molar-refractivity contribution in [3.05, 3.63) is 29.8 Å². The van der Waals surface area contributed by atoms with Crippen LogP contribution >= 0.6 is 11.8 Å². The maximum absolute atomic E-state index is 12.0. The number of benzene rings is 1. The van der Waals surface area contributed by atoms with E-state index in [1.165, 1.54) is 12.0 Å². The van der Waals surface area contributed by atoms with Gasteiger partial charge in [-0.15, -0.1) is 11.8 Å². The highest BCUT2D eigenvalue weighted by Gasteiger charge is 2.35. The van der Waals surface area contributed by atoms with Gasteiger partial charge in [-0.2, -0.15) is 0 Å². The second kappa shape index (κ2) is 6.81. The van der Waals surface area contributed by atoms with Gasteiger partial charge in [-0.05, 0) is 43.8 Å². The zero-order chi connectivity index (χ0) is 13.6. The van der Waals surface area contributed by atoms with Gasteiger partial charge in [0.15, 0.2) is 0 Å². The summed E-state index contributed by atoms with van der Waals surface area (Å²) < 4.78 is 4.92. The normalized spacial score (nSPS) is 14.0. The number of carbonyl (C=O) groups excluding carboxylic acids is 1. The van der Waals surface area contributed by atoms with Crippen molar-refractivity contribution >= 4 is 17.7 Å². The van der Waals surface area contributed by atoms with Gasteiger partial charge in [-0.25, -0.2) is 4.79 Å². The Morgan fingerprint density at radius 1 is 1.39 bits per heavy atom. The first-order valence-electron chi connectivity index (χ1n) is 6.06. The monoisotopic (exact) mass is 267 g/mol. The fraction of sp³-hybridized carbons (Fsp3) is 0.500. The number of hydrogen-bond donors (Lipinski definition) is 1. The van der Waals surface area contributed by atoms with Crippen LogP contribution in [0.25, 0.3) is 0 Å². The standard InChI is InChI=1S/C14H21NO2S/c1-5-10-15-14(2,13(16)17-3)11-6-8-12(18-4)9-7-11/h6-9,15H,5,10H2,1-4H3. The largest absolute Gasteiger partial charge is 0.467 e. The summed E-state index contributed by atoms with van der Waals surface area (Å²) >= 11 is 1.68. The summed E-state index contributed by atoms with van der Waals surface area (Å²) in [6, 6.07) is 8.00. The molecule has 0 spiro atoms. The Morgan fingerprint density at radius 2 is 2.00 bits per heavy atom. The van der Waals surface area contributed by atoms with Crippen LogP contribution in [0, 0.1) is 0 Å². The number of rotatable bonds is 6. The van der Waals surface area contributed by atoms with E-state index in [2.05, 4.69) is 12.2 Å². The zero-order valence-corrected chi connectivity index (χ0v) is 12.3. The predicted octanol–water partition coefficient (Wildman–Crippen LogP) is 2.80. The molecular weight excluding hydrogens is 246 g/mol. The lowest BCUT2D eigenvalue weighted by atomic mass is 9.92. The number of hydrogen-bond acceptors (Lipinski definition) is 4. The summed E-state index contributed by atoms with van der Waals surface area (Å²) in [6.45, 7) is 4.71. The molecule has 0 aromatic heterocycles. The molecule has 100 valence electrons. The third-order valence-corrected chi connectivity index (χ3v) is 3.73. The van der Waals surface area contributed by atoms with Crippen LogP contribution in [-0.2, 0) is 15.1 Å². The van der Waals surface area contributed by atoms with Gasteiger partial charge in [0.25, 0.3) is 0 Å². The Hall–Kier alpha value is -1.00. The number of methoxy groups -OCH3 is 1. The Bertz CT molecular complexity index is 391. The Kier molecular flexibility index (Phi) is 5.69. The molecule has 0 aliphatic heterocycles. The van der Waals surface area contributed by atoms with Gasteiger partial charge in [0.1, 0.15) is 5.54 Å². The minimum atomic E-state index is -0.776. The third-order valence-electron chi connectivity index (χ3n) is 2.99. The van der Waals surface area contributed by atoms with Crippen molar-refractivity contribution in [1.82, 2.24) is 5.32 Å². The molecule has 0 bridgehead atoms. The number of carbonyl (C=O) groups is 1. The van der Waals surface area contributed by atoms with Crippen LogP contribution in [0.1, 0.15) is 25.8 Å². The van der Waals surface area contributed by atoms with Crippen molar-refractivity contribution < 1.29 is 9.53 Å². The van der Waals surface area contributed by atoms with Crippen molar-refractivity contribution in [2.45, 2.75) is 30.7 Å². The van der Waals surface area contributed by atoms with Crippen molar-refractivity contribution in [3.63, 3.8) is 0 Å². The highest BCUT2D eigenvalue weighted by Crippen LogP contribution is 2.25. The van der Waals surface area contributed by atoms with Gasteiger partial charge in [0.05, 0.1) is 7.11 Å². The van der Waals surface area contributed by atoms with E-state index in [4.69, 9.17) is 4.74 Å². The minimum Gasteiger partial charge on any atom is -0.467 e. The summed E-state index contributed by atoms with van der Waals surface area (Å²) in [5, 5.41) is 3.27. The smallest absolute Gasteiger partial charge is 0.330 e. The lowest BCUT2D eigenvalue weighted by Gasteiger charge is -2.28. The summed E-state index contributed by atoms with van der Waals surface area (Å²) in [5.74, 6) is -0.257. The molecule has 18 heavy (non-hydrogen) atoms. The van der Waals surface area contributed by atoms with E-state index in [-0.39, 0.29) is 5.97 Å². The number of nitrogens with one attached hydrogen (secondary N) is 1. The van der Waals surface area contributed by atoms with Crippen molar-refractivity contribution in [2.24, 2.45) is 0 Å². The topological polar surface area (TPSA) is 38.3 Å². The third kappa shape index (κ3) is 3.27. The van der Waals surface area contributed by atoms with E-state index in [9.17, 15) is 4.79 Å². The molecule has 0 heterocycles. The maximum atomic E-state index is 12.0. The van der Waals surface area contributed by atoms with Crippen LogP contribution in [0.15, 0.2) is 29.2 Å². The summed E-state index contributed by atoms with van der Waals surface area (Å²) in [7, 11) is 1.42. The fourth-order valence-corrected chi connectivity index (χ4v) is 2.20. The average Bonchev–Trinajstić information content (AvgIpc) is 2.43. The van der Waals surface area contributed by atoms with Gasteiger partial charge in [-0.1, -0.05) is 19.1 Å². The van der Waals surface area contributed by atoms with Gasteiger partial charge < -0.3 is 4.74 Å². The molecule has 0 radical (unpaired) electrons. The molecule has 1 aromatic rings. The molecule has 1 aromatic carbocycles. The van der Waals surface area contributed by atoms with E-state index in [1.807, 2.05) is 37.4 Å². The first-order valence-corrected chi connectivity index (χ1v) is 7.29. The molecule has 0 fully saturated rings. The highest BCUT2D eigenvalue weighted by molar-refractivity contribution is 7.98. The number of thioether (sulfide) groups is 1. The van der Waals surface area contributed by atoms with Crippen LogP contribution in [0.5, 0.6) is 0 Å². The second-order valence-electron chi connectivity index (χ2n) is 4.27. The molecule has 0 aliphatic rings. The maximum Gasteiger partial charge on any atom is 0.330 e. The van der Waals surface area contributed by atoms with Gasteiger partial charge in [-0.3, -0.25) is 5.32 Å². The summed E-state index contributed by atoms with van der Waals surface area (Å²) in [6.07, 6.45) is 3.00. The molecule has 0 saturated heterocycles. The van der Waals surface area contributed by atoms with Crippen molar-refractivity contribution in [3.8, 4) is 0 Å². The van der Waals surface area contributed by atoms with Gasteiger partial charge >= 0.3 is 5.97 Å². The zero-order valence-electron chi connectivity index (χ0n) is 11.4. The second-order valence-corrected chi connectivity index (χ2v) is 5.15. The molecule has 4 heteroatoms. The fourth-order valence-electron chi connectivity index (χ4n) is 1.80. The first kappa shape index (κ1) is 15.1.